The number of rotatable bonds is 2. The van der Waals surface area contributed by atoms with E-state index in [1.165, 1.54) is 0 Å². The van der Waals surface area contributed by atoms with E-state index in [2.05, 4.69) is 0 Å². The molecule has 5 heteroatoms. The number of hydrogen-bond donors (Lipinski definition) is 0. The molecule has 0 spiro atoms. The van der Waals surface area contributed by atoms with E-state index in [4.69, 9.17) is 0 Å². The summed E-state index contributed by atoms with van der Waals surface area (Å²) in [7, 11) is 5.57. The largest absolute Gasteiger partial charge is 0.372 e. The Bertz CT molecular complexity index is 834. The molecule has 0 atom stereocenters. The monoisotopic (exact) mass is 269 g/mol. The van der Waals surface area contributed by atoms with Gasteiger partial charge in [-0.25, -0.2) is 0 Å². The van der Waals surface area contributed by atoms with E-state index in [-0.39, 0.29) is 10.6 Å². The van der Waals surface area contributed by atoms with Crippen molar-refractivity contribution >= 4 is 33.2 Å². The van der Waals surface area contributed by atoms with Crippen LogP contribution in [0.25, 0.3) is 21.8 Å². The van der Waals surface area contributed by atoms with Crippen LogP contribution >= 0.6 is 0 Å². The highest BCUT2D eigenvalue weighted by Gasteiger charge is 2.24. The number of aryl methyl sites for hydroxylation is 1. The number of nitrogens with zero attached hydrogens (tertiary/aromatic N) is 3. The summed E-state index contributed by atoms with van der Waals surface area (Å²) in [5.41, 5.74) is 2.67. The zero-order valence-electron chi connectivity index (χ0n) is 11.6. The van der Waals surface area contributed by atoms with E-state index in [0.717, 1.165) is 16.4 Å². The lowest BCUT2D eigenvalue weighted by Gasteiger charge is -2.13. The van der Waals surface area contributed by atoms with Crippen LogP contribution in [0.2, 0.25) is 0 Å². The van der Waals surface area contributed by atoms with Crippen molar-refractivity contribution in [2.45, 2.75) is 0 Å². The molecule has 0 saturated carbocycles. The molecule has 1 heterocycles. The smallest absolute Gasteiger partial charge is 0.302 e. The second-order valence-corrected chi connectivity index (χ2v) is 5.06. The molecular weight excluding hydrogens is 254 g/mol. The van der Waals surface area contributed by atoms with Crippen molar-refractivity contribution < 1.29 is 4.92 Å². The van der Waals surface area contributed by atoms with Crippen molar-refractivity contribution in [2.24, 2.45) is 7.05 Å². The zero-order chi connectivity index (χ0) is 14.4. The first-order valence-electron chi connectivity index (χ1n) is 6.34. The molecule has 0 amide bonds. The molecule has 1 aromatic heterocycles. The lowest BCUT2D eigenvalue weighted by molar-refractivity contribution is -0.382. The number of aromatic nitrogens is 1. The van der Waals surface area contributed by atoms with Crippen LogP contribution in [-0.4, -0.2) is 23.6 Å². The molecule has 5 nitrogen and oxygen atoms in total. The van der Waals surface area contributed by atoms with Gasteiger partial charge in [0, 0.05) is 32.0 Å². The van der Waals surface area contributed by atoms with E-state index in [9.17, 15) is 10.1 Å². The van der Waals surface area contributed by atoms with E-state index in [0.29, 0.717) is 11.1 Å². The van der Waals surface area contributed by atoms with Crippen LogP contribution in [-0.2, 0) is 7.05 Å². The summed E-state index contributed by atoms with van der Waals surface area (Å²) in [6.07, 6.45) is 0. The summed E-state index contributed by atoms with van der Waals surface area (Å²) in [6, 6.07) is 11.5. The molecule has 0 aliphatic carbocycles. The van der Waals surface area contributed by atoms with Crippen molar-refractivity contribution in [3.8, 4) is 0 Å². The van der Waals surface area contributed by atoms with E-state index >= 15 is 0 Å². The minimum Gasteiger partial charge on any atom is -0.372 e. The molecule has 0 unspecified atom stereocenters. The van der Waals surface area contributed by atoms with Crippen LogP contribution in [0.15, 0.2) is 36.4 Å². The van der Waals surface area contributed by atoms with E-state index in [1.54, 1.807) is 11.0 Å². The summed E-state index contributed by atoms with van der Waals surface area (Å²) < 4.78 is 2.00. The molecular formula is C15H15N3O2. The molecule has 0 aliphatic rings. The Balaban J connectivity index is 2.59. The van der Waals surface area contributed by atoms with Gasteiger partial charge in [0.25, 0.3) is 0 Å². The molecule has 0 saturated heterocycles. The summed E-state index contributed by atoms with van der Waals surface area (Å²) in [5.74, 6) is 0. The molecule has 2 aromatic carbocycles. The number of para-hydroxylation sites is 1. The summed E-state index contributed by atoms with van der Waals surface area (Å²) in [4.78, 5) is 13.1. The molecule has 102 valence electrons. The maximum Gasteiger partial charge on any atom is 0.302 e. The molecule has 0 fully saturated rings. The first-order chi connectivity index (χ1) is 9.52. The molecule has 3 rings (SSSR count). The average molecular weight is 269 g/mol. The van der Waals surface area contributed by atoms with Crippen LogP contribution in [0, 0.1) is 10.1 Å². The first-order valence-corrected chi connectivity index (χ1v) is 6.34. The van der Waals surface area contributed by atoms with Gasteiger partial charge in [0.1, 0.15) is 5.69 Å². The molecule has 20 heavy (non-hydrogen) atoms. The standard InChI is InChI=1S/C15H15N3O2/c1-16(2)13-9-8-12-14(15(13)18(19)20)10-6-4-5-7-11(10)17(12)3/h4-9H,1-3H3. The topological polar surface area (TPSA) is 51.3 Å². The first kappa shape index (κ1) is 12.5. The predicted octanol–water partition coefficient (Wildman–Crippen LogP) is 3.31. The number of benzene rings is 2. The lowest BCUT2D eigenvalue weighted by atomic mass is 10.1. The molecule has 3 aromatic rings. The van der Waals surface area contributed by atoms with Crippen LogP contribution < -0.4 is 4.90 Å². The third-order valence-corrected chi connectivity index (χ3v) is 3.70. The third-order valence-electron chi connectivity index (χ3n) is 3.70. The van der Waals surface area contributed by atoms with Gasteiger partial charge in [0.15, 0.2) is 0 Å². The number of nitro groups is 1. The fourth-order valence-electron chi connectivity index (χ4n) is 2.77. The Morgan fingerprint density at radius 3 is 2.45 bits per heavy atom. The normalized spacial score (nSPS) is 11.2. The number of fused-ring (bicyclic) bond motifs is 3. The van der Waals surface area contributed by atoms with Gasteiger partial charge in [-0.1, -0.05) is 18.2 Å². The molecule has 0 bridgehead atoms. The number of hydrogen-bond acceptors (Lipinski definition) is 3. The number of nitro benzene ring substituents is 1. The van der Waals surface area contributed by atoms with Gasteiger partial charge in [0.2, 0.25) is 0 Å². The van der Waals surface area contributed by atoms with Gasteiger partial charge in [-0.05, 0) is 18.2 Å². The fraction of sp³-hybridized carbons (Fsp3) is 0.200. The average Bonchev–Trinajstić information content (AvgIpc) is 2.72. The minimum absolute atomic E-state index is 0.171. The van der Waals surface area contributed by atoms with Crippen LogP contribution in [0.1, 0.15) is 0 Å². The van der Waals surface area contributed by atoms with Crippen LogP contribution in [0.5, 0.6) is 0 Å². The number of anilines is 1. The summed E-state index contributed by atoms with van der Waals surface area (Å²) in [5, 5.41) is 13.2. The Hall–Kier alpha value is -2.56. The Morgan fingerprint density at radius 1 is 1.10 bits per heavy atom. The zero-order valence-corrected chi connectivity index (χ0v) is 11.6. The van der Waals surface area contributed by atoms with Crippen molar-refractivity contribution in [3.63, 3.8) is 0 Å². The SMILES string of the molecule is CN(C)c1ccc2c(c1[N+](=O)[O-])c1ccccc1n2C. The Kier molecular flexibility index (Phi) is 2.64. The summed E-state index contributed by atoms with van der Waals surface area (Å²) >= 11 is 0. The Morgan fingerprint density at radius 2 is 1.80 bits per heavy atom. The third kappa shape index (κ3) is 1.56. The van der Waals surface area contributed by atoms with Gasteiger partial charge in [-0.3, -0.25) is 10.1 Å². The maximum atomic E-state index is 11.6. The van der Waals surface area contributed by atoms with Gasteiger partial charge >= 0.3 is 5.69 Å². The van der Waals surface area contributed by atoms with Gasteiger partial charge in [0.05, 0.1) is 15.8 Å². The lowest BCUT2D eigenvalue weighted by Crippen LogP contribution is -2.11. The molecule has 0 N–H and O–H groups in total. The van der Waals surface area contributed by atoms with Crippen molar-refractivity contribution in [3.05, 3.63) is 46.5 Å². The second kappa shape index (κ2) is 4.23. The van der Waals surface area contributed by atoms with Gasteiger partial charge in [-0.15, -0.1) is 0 Å². The highest BCUT2D eigenvalue weighted by atomic mass is 16.6. The summed E-state index contributed by atoms with van der Waals surface area (Å²) in [6.45, 7) is 0. The highest BCUT2D eigenvalue weighted by molar-refractivity contribution is 6.14. The molecule has 0 radical (unpaired) electrons. The quantitative estimate of drug-likeness (QED) is 0.530. The Labute approximate surface area is 116 Å². The van der Waals surface area contributed by atoms with E-state index in [1.807, 2.05) is 56.0 Å². The van der Waals surface area contributed by atoms with Gasteiger partial charge < -0.3 is 9.47 Å². The molecule has 0 aliphatic heterocycles. The highest BCUT2D eigenvalue weighted by Crippen LogP contribution is 2.40. The fourth-order valence-corrected chi connectivity index (χ4v) is 2.77. The minimum atomic E-state index is -0.288. The van der Waals surface area contributed by atoms with Crippen molar-refractivity contribution in [2.75, 3.05) is 19.0 Å². The second-order valence-electron chi connectivity index (χ2n) is 5.06. The van der Waals surface area contributed by atoms with Crippen LogP contribution in [0.4, 0.5) is 11.4 Å². The van der Waals surface area contributed by atoms with Crippen molar-refractivity contribution in [1.82, 2.24) is 4.57 Å². The van der Waals surface area contributed by atoms with E-state index < -0.39 is 0 Å². The maximum absolute atomic E-state index is 11.6. The van der Waals surface area contributed by atoms with Crippen LogP contribution in [0.3, 0.4) is 0 Å². The predicted molar refractivity (Wildman–Crippen MR) is 81.4 cm³/mol. The van der Waals surface area contributed by atoms with Gasteiger partial charge in [-0.2, -0.15) is 0 Å². The van der Waals surface area contributed by atoms with Crippen molar-refractivity contribution in [1.29, 1.82) is 0 Å².